The minimum atomic E-state index is -0.142. The molecule has 1 saturated heterocycles. The van der Waals surface area contributed by atoms with Crippen LogP contribution in [0.25, 0.3) is 0 Å². The molecule has 1 aromatic rings. The fourth-order valence-corrected chi connectivity index (χ4v) is 3.99. The molecule has 1 fully saturated rings. The average Bonchev–Trinajstić information content (AvgIpc) is 2.59. The molecule has 1 aromatic carbocycles. The second-order valence-electron chi connectivity index (χ2n) is 6.91. The highest BCUT2D eigenvalue weighted by atomic mass is 79.9. The maximum absolute atomic E-state index is 12.1. The number of hydrogen-bond donors (Lipinski definition) is 3. The van der Waals surface area contributed by atoms with Crippen molar-refractivity contribution in [3.05, 3.63) is 27.7 Å². The first-order valence-electron chi connectivity index (χ1n) is 9.36. The third kappa shape index (κ3) is 6.87. The van der Waals surface area contributed by atoms with Crippen LogP contribution in [0.2, 0.25) is 0 Å². The van der Waals surface area contributed by atoms with Crippen molar-refractivity contribution >= 4 is 27.6 Å². The van der Waals surface area contributed by atoms with E-state index in [4.69, 9.17) is 5.11 Å². The monoisotopic (exact) mass is 426 g/mol. The van der Waals surface area contributed by atoms with Crippen LogP contribution < -0.4 is 10.6 Å². The maximum Gasteiger partial charge on any atom is 0.319 e. The molecule has 0 unspecified atom stereocenters. The number of halogens is 1. The van der Waals surface area contributed by atoms with Crippen LogP contribution in [-0.4, -0.2) is 73.4 Å². The van der Waals surface area contributed by atoms with Crippen molar-refractivity contribution in [1.29, 1.82) is 0 Å². The number of rotatable bonds is 8. The number of aliphatic hydroxyl groups is 1. The molecule has 1 aliphatic heterocycles. The highest BCUT2D eigenvalue weighted by molar-refractivity contribution is 9.10. The number of aryl methyl sites for hydroxylation is 2. The zero-order valence-electron chi connectivity index (χ0n) is 15.9. The van der Waals surface area contributed by atoms with Gasteiger partial charge < -0.3 is 20.6 Å². The molecule has 0 aliphatic carbocycles. The fourth-order valence-electron chi connectivity index (χ4n) is 3.31. The van der Waals surface area contributed by atoms with Crippen molar-refractivity contribution in [2.24, 2.45) is 0 Å². The Hall–Kier alpha value is -1.15. The fraction of sp³-hybridized carbons (Fsp3) is 0.632. The van der Waals surface area contributed by atoms with Gasteiger partial charge in [0.25, 0.3) is 0 Å². The van der Waals surface area contributed by atoms with Crippen molar-refractivity contribution in [3.8, 4) is 0 Å². The molecule has 0 aromatic heterocycles. The van der Waals surface area contributed by atoms with Crippen LogP contribution >= 0.6 is 15.9 Å². The van der Waals surface area contributed by atoms with Gasteiger partial charge in [0.2, 0.25) is 0 Å². The number of nitrogens with one attached hydrogen (secondary N) is 2. The second kappa shape index (κ2) is 10.9. The van der Waals surface area contributed by atoms with Crippen LogP contribution in [-0.2, 0) is 0 Å². The number of benzene rings is 1. The van der Waals surface area contributed by atoms with Gasteiger partial charge in [-0.1, -0.05) is 15.9 Å². The quantitative estimate of drug-likeness (QED) is 0.558. The molecular formula is C19H31BrN4O2. The summed E-state index contributed by atoms with van der Waals surface area (Å²) < 4.78 is 1.02. The summed E-state index contributed by atoms with van der Waals surface area (Å²) >= 11 is 3.47. The Morgan fingerprint density at radius 3 is 2.23 bits per heavy atom. The molecule has 0 spiro atoms. The van der Waals surface area contributed by atoms with Gasteiger partial charge in [-0.15, -0.1) is 0 Å². The Morgan fingerprint density at radius 2 is 1.65 bits per heavy atom. The van der Waals surface area contributed by atoms with E-state index in [-0.39, 0.29) is 12.6 Å². The van der Waals surface area contributed by atoms with Crippen LogP contribution in [0.15, 0.2) is 16.6 Å². The SMILES string of the molecule is Cc1cc(Br)cc(C)c1NC(=O)NCCCCN1CCN(CCO)CC1. The van der Waals surface area contributed by atoms with Crippen LogP contribution in [0, 0.1) is 13.8 Å². The Labute approximate surface area is 165 Å². The van der Waals surface area contributed by atoms with Gasteiger partial charge in [-0.2, -0.15) is 0 Å². The van der Waals surface area contributed by atoms with E-state index in [1.54, 1.807) is 0 Å². The third-order valence-electron chi connectivity index (χ3n) is 4.80. The number of nitrogens with zero attached hydrogens (tertiary/aromatic N) is 2. The van der Waals surface area contributed by atoms with Crippen molar-refractivity contribution in [1.82, 2.24) is 15.1 Å². The third-order valence-corrected chi connectivity index (χ3v) is 5.26. The molecule has 1 aliphatic rings. The zero-order chi connectivity index (χ0) is 18.9. The highest BCUT2D eigenvalue weighted by Crippen LogP contribution is 2.24. The van der Waals surface area contributed by atoms with Crippen LogP contribution in [0.1, 0.15) is 24.0 Å². The molecule has 146 valence electrons. The predicted octanol–water partition coefficient (Wildman–Crippen LogP) is 2.58. The first-order valence-corrected chi connectivity index (χ1v) is 10.2. The van der Waals surface area contributed by atoms with E-state index in [2.05, 4.69) is 36.4 Å². The second-order valence-corrected chi connectivity index (χ2v) is 7.83. The Balaban J connectivity index is 1.60. The van der Waals surface area contributed by atoms with Gasteiger partial charge in [0, 0.05) is 49.4 Å². The summed E-state index contributed by atoms with van der Waals surface area (Å²) in [5.74, 6) is 0. The number of carbonyl (C=O) groups excluding carboxylic acids is 1. The van der Waals surface area contributed by atoms with E-state index in [0.29, 0.717) is 6.54 Å². The largest absolute Gasteiger partial charge is 0.395 e. The molecule has 0 saturated carbocycles. The topological polar surface area (TPSA) is 67.8 Å². The summed E-state index contributed by atoms with van der Waals surface area (Å²) in [6.45, 7) is 11.0. The molecule has 1 heterocycles. The summed E-state index contributed by atoms with van der Waals surface area (Å²) in [6, 6.07) is 3.86. The summed E-state index contributed by atoms with van der Waals surface area (Å²) in [5.41, 5.74) is 2.98. The summed E-state index contributed by atoms with van der Waals surface area (Å²) in [6.07, 6.45) is 2.05. The van der Waals surface area contributed by atoms with E-state index in [1.807, 2.05) is 26.0 Å². The van der Waals surface area contributed by atoms with Crippen molar-refractivity contribution < 1.29 is 9.90 Å². The first kappa shape index (κ1) is 21.2. The Morgan fingerprint density at radius 1 is 1.08 bits per heavy atom. The number of amides is 2. The molecule has 0 radical (unpaired) electrons. The Bertz CT molecular complexity index is 566. The van der Waals surface area contributed by atoms with E-state index < -0.39 is 0 Å². The number of unbranched alkanes of at least 4 members (excludes halogenated alkanes) is 1. The van der Waals surface area contributed by atoms with Gasteiger partial charge >= 0.3 is 6.03 Å². The van der Waals surface area contributed by atoms with Crippen molar-refractivity contribution in [3.63, 3.8) is 0 Å². The Kier molecular flexibility index (Phi) is 8.84. The normalized spacial score (nSPS) is 15.8. The molecule has 7 heteroatoms. The maximum atomic E-state index is 12.1. The van der Waals surface area contributed by atoms with Crippen molar-refractivity contribution in [2.75, 3.05) is 57.7 Å². The minimum absolute atomic E-state index is 0.142. The van der Waals surface area contributed by atoms with E-state index in [1.165, 1.54) is 0 Å². The molecule has 3 N–H and O–H groups in total. The van der Waals surface area contributed by atoms with Crippen LogP contribution in [0.4, 0.5) is 10.5 Å². The van der Waals surface area contributed by atoms with Gasteiger partial charge in [0.1, 0.15) is 0 Å². The smallest absolute Gasteiger partial charge is 0.319 e. The van der Waals surface area contributed by atoms with Gasteiger partial charge in [0.05, 0.1) is 6.61 Å². The number of carbonyl (C=O) groups is 1. The van der Waals surface area contributed by atoms with Crippen LogP contribution in [0.3, 0.4) is 0 Å². The molecule has 0 bridgehead atoms. The zero-order valence-corrected chi connectivity index (χ0v) is 17.4. The average molecular weight is 427 g/mol. The first-order chi connectivity index (χ1) is 12.5. The lowest BCUT2D eigenvalue weighted by Crippen LogP contribution is -2.47. The van der Waals surface area contributed by atoms with Gasteiger partial charge in [-0.3, -0.25) is 4.90 Å². The predicted molar refractivity (Wildman–Crippen MR) is 110 cm³/mol. The van der Waals surface area contributed by atoms with E-state index in [9.17, 15) is 4.79 Å². The number of urea groups is 1. The lowest BCUT2D eigenvalue weighted by molar-refractivity contribution is 0.111. The summed E-state index contributed by atoms with van der Waals surface area (Å²) in [5, 5.41) is 14.9. The summed E-state index contributed by atoms with van der Waals surface area (Å²) in [7, 11) is 0. The number of β-amino-alcohol motifs (C(OH)–C–C–N with tert-alkyl or cyclic N) is 1. The standard InChI is InChI=1S/C19H31BrN4O2/c1-15-13-17(20)14-16(2)18(15)22-19(26)21-5-3-4-6-23-7-9-24(10-8-23)11-12-25/h13-14,25H,3-12H2,1-2H3,(H2,21,22,26). The summed E-state index contributed by atoms with van der Waals surface area (Å²) in [4.78, 5) is 16.9. The number of anilines is 1. The molecule has 6 nitrogen and oxygen atoms in total. The van der Waals surface area contributed by atoms with E-state index in [0.717, 1.165) is 73.4 Å². The van der Waals surface area contributed by atoms with Crippen molar-refractivity contribution in [2.45, 2.75) is 26.7 Å². The molecule has 2 amide bonds. The minimum Gasteiger partial charge on any atom is -0.395 e. The lowest BCUT2D eigenvalue weighted by Gasteiger charge is -2.34. The lowest BCUT2D eigenvalue weighted by atomic mass is 10.1. The number of aliphatic hydroxyl groups excluding tert-OH is 1. The number of piperazine rings is 1. The van der Waals surface area contributed by atoms with Gasteiger partial charge in [0.15, 0.2) is 0 Å². The molecule has 26 heavy (non-hydrogen) atoms. The molecule has 2 rings (SSSR count). The number of hydrogen-bond acceptors (Lipinski definition) is 4. The van der Waals surface area contributed by atoms with E-state index >= 15 is 0 Å². The highest BCUT2D eigenvalue weighted by Gasteiger charge is 2.15. The van der Waals surface area contributed by atoms with Crippen LogP contribution in [0.5, 0.6) is 0 Å². The van der Waals surface area contributed by atoms with Gasteiger partial charge in [-0.25, -0.2) is 4.79 Å². The molecular weight excluding hydrogens is 396 g/mol. The molecule has 0 atom stereocenters. The van der Waals surface area contributed by atoms with Gasteiger partial charge in [-0.05, 0) is 56.5 Å².